The van der Waals surface area contributed by atoms with E-state index in [2.05, 4.69) is 0 Å². The van der Waals surface area contributed by atoms with Crippen LogP contribution < -0.4 is 5.73 Å². The predicted octanol–water partition coefficient (Wildman–Crippen LogP) is -0.779. The molecule has 0 unspecified atom stereocenters. The average Bonchev–Trinajstić information content (AvgIpc) is 2.13. The fourth-order valence-electron chi connectivity index (χ4n) is 0.733. The van der Waals surface area contributed by atoms with Crippen LogP contribution in [0.25, 0.3) is 0 Å². The van der Waals surface area contributed by atoms with Gasteiger partial charge in [-0.05, 0) is 12.3 Å². The predicted molar refractivity (Wildman–Crippen MR) is 32.5 cm³/mol. The van der Waals surface area contributed by atoms with Gasteiger partial charge in [-0.25, -0.2) is 0 Å². The maximum absolute atomic E-state index is 10.1. The minimum atomic E-state index is -3.77. The summed E-state index contributed by atoms with van der Waals surface area (Å²) in [6.45, 7) is 0. The van der Waals surface area contributed by atoms with Crippen LogP contribution in [0.1, 0.15) is 6.42 Å². The first-order chi connectivity index (χ1) is 3.99. The Morgan fingerprint density at radius 1 is 1.67 bits per heavy atom. The van der Waals surface area contributed by atoms with E-state index in [0.29, 0.717) is 0 Å². The van der Waals surface area contributed by atoms with Gasteiger partial charge in [-0.2, -0.15) is 8.42 Å². The van der Waals surface area contributed by atoms with Crippen molar-refractivity contribution in [1.29, 1.82) is 0 Å². The van der Waals surface area contributed by atoms with Crippen molar-refractivity contribution < 1.29 is 13.0 Å². The van der Waals surface area contributed by atoms with E-state index in [1.54, 1.807) is 0 Å². The Bertz CT molecular complexity index is 198. The van der Waals surface area contributed by atoms with Crippen LogP contribution in [0.2, 0.25) is 0 Å². The highest BCUT2D eigenvalue weighted by molar-refractivity contribution is 7.85. The molecule has 1 saturated carbocycles. The smallest absolute Gasteiger partial charge is 0.265 e. The molecular formula is C4H9NO3S. The molecule has 0 bridgehead atoms. The zero-order chi connectivity index (χ0) is 7.07. The van der Waals surface area contributed by atoms with Gasteiger partial charge in [0.2, 0.25) is 0 Å². The van der Waals surface area contributed by atoms with Gasteiger partial charge in [-0.15, -0.1) is 0 Å². The van der Waals surface area contributed by atoms with Gasteiger partial charge < -0.3 is 5.73 Å². The van der Waals surface area contributed by atoms with Gasteiger partial charge in [0.25, 0.3) is 10.1 Å². The van der Waals surface area contributed by atoms with Gasteiger partial charge in [-0.3, -0.25) is 4.55 Å². The Kier molecular flexibility index (Phi) is 1.50. The van der Waals surface area contributed by atoms with Gasteiger partial charge in [0.05, 0.1) is 5.75 Å². The summed E-state index contributed by atoms with van der Waals surface area (Å²) in [7, 11) is -3.77. The molecule has 0 heterocycles. The first-order valence-electron chi connectivity index (χ1n) is 2.70. The molecule has 2 atom stereocenters. The third kappa shape index (κ3) is 2.30. The summed E-state index contributed by atoms with van der Waals surface area (Å²) < 4.78 is 28.5. The molecule has 4 nitrogen and oxygen atoms in total. The summed E-state index contributed by atoms with van der Waals surface area (Å²) in [5.74, 6) is -0.172. The third-order valence-electron chi connectivity index (χ3n) is 1.40. The lowest BCUT2D eigenvalue weighted by atomic mass is 10.5. The molecule has 3 N–H and O–H groups in total. The standard InChI is InChI=1S/C4H9NO3S/c5-4-1-3(4)2-9(6,7)8/h3-4H,1-2,5H2,(H,6,7,8)/t3-,4-/m0/s1. The minimum absolute atomic E-state index is 0.000000000000000222. The van der Waals surface area contributed by atoms with Crippen molar-refractivity contribution in [2.45, 2.75) is 12.5 Å². The normalized spacial score (nSPS) is 34.4. The molecule has 54 valence electrons. The van der Waals surface area contributed by atoms with Crippen LogP contribution in [0, 0.1) is 5.92 Å². The first-order valence-corrected chi connectivity index (χ1v) is 4.31. The molecule has 0 aromatic heterocycles. The van der Waals surface area contributed by atoms with Crippen molar-refractivity contribution in [3.8, 4) is 0 Å². The second kappa shape index (κ2) is 1.93. The van der Waals surface area contributed by atoms with Crippen LogP contribution >= 0.6 is 0 Å². The molecule has 0 saturated heterocycles. The van der Waals surface area contributed by atoms with Gasteiger partial charge in [0, 0.05) is 6.04 Å². The maximum atomic E-state index is 10.1. The molecule has 0 spiro atoms. The zero-order valence-corrected chi connectivity index (χ0v) is 5.63. The molecule has 0 aliphatic heterocycles. The van der Waals surface area contributed by atoms with Crippen LogP contribution in [-0.4, -0.2) is 24.8 Å². The SMILES string of the molecule is N[C@H]1C[C@H]1CS(=O)(=O)O. The van der Waals surface area contributed by atoms with Crippen LogP contribution in [0.15, 0.2) is 0 Å². The third-order valence-corrected chi connectivity index (χ3v) is 2.25. The minimum Gasteiger partial charge on any atom is -0.327 e. The van der Waals surface area contributed by atoms with Gasteiger partial charge >= 0.3 is 0 Å². The number of hydrogen-bond acceptors (Lipinski definition) is 3. The van der Waals surface area contributed by atoms with E-state index >= 15 is 0 Å². The van der Waals surface area contributed by atoms with Crippen molar-refractivity contribution in [3.63, 3.8) is 0 Å². The van der Waals surface area contributed by atoms with Crippen LogP contribution in [-0.2, 0) is 10.1 Å². The molecule has 9 heavy (non-hydrogen) atoms. The molecule has 0 aromatic rings. The van der Waals surface area contributed by atoms with E-state index in [1.165, 1.54) is 0 Å². The first kappa shape index (κ1) is 6.98. The highest BCUT2D eigenvalue weighted by Gasteiger charge is 2.36. The second-order valence-electron chi connectivity index (χ2n) is 2.41. The van der Waals surface area contributed by atoms with E-state index in [1.807, 2.05) is 0 Å². The molecule has 0 amide bonds. The van der Waals surface area contributed by atoms with Crippen molar-refractivity contribution >= 4 is 10.1 Å². The summed E-state index contributed by atoms with van der Waals surface area (Å²) >= 11 is 0. The quantitative estimate of drug-likeness (QED) is 0.507. The summed E-state index contributed by atoms with van der Waals surface area (Å²) in [4.78, 5) is 0. The fourth-order valence-corrected chi connectivity index (χ4v) is 1.66. The van der Waals surface area contributed by atoms with Crippen LogP contribution in [0.3, 0.4) is 0 Å². The molecule has 5 heteroatoms. The molecule has 1 rings (SSSR count). The summed E-state index contributed by atoms with van der Waals surface area (Å²) in [5, 5.41) is 0. The molecule has 1 aliphatic rings. The molecule has 0 aromatic carbocycles. The Labute approximate surface area is 53.8 Å². The van der Waals surface area contributed by atoms with Gasteiger partial charge in [-0.1, -0.05) is 0 Å². The average molecular weight is 151 g/mol. The zero-order valence-electron chi connectivity index (χ0n) is 4.82. The lowest BCUT2D eigenvalue weighted by Gasteiger charge is -1.90. The van der Waals surface area contributed by atoms with Crippen molar-refractivity contribution in [1.82, 2.24) is 0 Å². The van der Waals surface area contributed by atoms with E-state index < -0.39 is 10.1 Å². The second-order valence-corrected chi connectivity index (χ2v) is 3.91. The number of hydrogen-bond donors (Lipinski definition) is 2. The topological polar surface area (TPSA) is 80.4 Å². The fraction of sp³-hybridized carbons (Fsp3) is 1.00. The number of nitrogens with two attached hydrogens (primary N) is 1. The Balaban J connectivity index is 2.37. The Hall–Kier alpha value is -0.130. The number of rotatable bonds is 2. The van der Waals surface area contributed by atoms with Crippen molar-refractivity contribution in [3.05, 3.63) is 0 Å². The lowest BCUT2D eigenvalue weighted by molar-refractivity contribution is 0.479. The van der Waals surface area contributed by atoms with Gasteiger partial charge in [0.15, 0.2) is 0 Å². The highest BCUT2D eigenvalue weighted by atomic mass is 32.2. The van der Waals surface area contributed by atoms with E-state index in [9.17, 15) is 8.42 Å². The largest absolute Gasteiger partial charge is 0.327 e. The Morgan fingerprint density at radius 3 is 2.22 bits per heavy atom. The van der Waals surface area contributed by atoms with E-state index in [-0.39, 0.29) is 17.7 Å². The monoisotopic (exact) mass is 151 g/mol. The highest BCUT2D eigenvalue weighted by Crippen LogP contribution is 2.28. The van der Waals surface area contributed by atoms with Crippen LogP contribution in [0.4, 0.5) is 0 Å². The van der Waals surface area contributed by atoms with E-state index in [4.69, 9.17) is 10.3 Å². The van der Waals surface area contributed by atoms with Crippen LogP contribution in [0.5, 0.6) is 0 Å². The molecule has 1 fully saturated rings. The molecule has 0 radical (unpaired) electrons. The maximum Gasteiger partial charge on any atom is 0.265 e. The summed E-state index contributed by atoms with van der Waals surface area (Å²) in [6, 6.07) is -0.00748. The Morgan fingerprint density at radius 2 is 2.11 bits per heavy atom. The lowest BCUT2D eigenvalue weighted by Crippen LogP contribution is -2.11. The van der Waals surface area contributed by atoms with Crippen molar-refractivity contribution in [2.24, 2.45) is 11.7 Å². The van der Waals surface area contributed by atoms with Crippen molar-refractivity contribution in [2.75, 3.05) is 5.75 Å². The molecular weight excluding hydrogens is 142 g/mol. The molecule has 1 aliphatic carbocycles. The van der Waals surface area contributed by atoms with Gasteiger partial charge in [0.1, 0.15) is 0 Å². The summed E-state index contributed by atoms with van der Waals surface area (Å²) in [6.07, 6.45) is 0.722. The van der Waals surface area contributed by atoms with E-state index in [0.717, 1.165) is 6.42 Å². The summed E-state index contributed by atoms with van der Waals surface area (Å²) in [5.41, 5.74) is 5.30.